The maximum atomic E-state index is 12.4. The third kappa shape index (κ3) is 2.01. The molecule has 2 nitrogen and oxygen atoms in total. The Morgan fingerprint density at radius 2 is 2.38 bits per heavy atom. The van der Waals surface area contributed by atoms with E-state index in [2.05, 4.69) is 11.4 Å². The normalized spacial score (nSPS) is 20.7. The van der Waals surface area contributed by atoms with Crippen molar-refractivity contribution in [2.24, 2.45) is 0 Å². The molecule has 0 saturated carbocycles. The van der Waals surface area contributed by atoms with Crippen LogP contribution in [0.25, 0.3) is 5.57 Å². The first kappa shape index (κ1) is 11.3. The number of halogens is 1. The van der Waals surface area contributed by atoms with Gasteiger partial charge in [0.1, 0.15) is 0 Å². The van der Waals surface area contributed by atoms with E-state index in [0.29, 0.717) is 25.1 Å². The Morgan fingerprint density at radius 1 is 1.56 bits per heavy atom. The Hall–Kier alpha value is -1.19. The van der Waals surface area contributed by atoms with Gasteiger partial charge in [-0.05, 0) is 42.3 Å². The van der Waals surface area contributed by atoms with Crippen molar-refractivity contribution < 1.29 is 9.13 Å². The quantitative estimate of drug-likeness (QED) is 0.829. The predicted molar refractivity (Wildman–Crippen MR) is 62.7 cm³/mol. The Labute approximate surface area is 95.1 Å². The molecule has 0 fully saturated rings. The van der Waals surface area contributed by atoms with Gasteiger partial charge in [0.05, 0.1) is 25.6 Å². The van der Waals surface area contributed by atoms with Crippen LogP contribution in [0.2, 0.25) is 0 Å². The average Bonchev–Trinajstić information content (AvgIpc) is 2.36. The molecular weight excluding hydrogens is 205 g/mol. The first-order valence-electron chi connectivity index (χ1n) is 5.41. The number of rotatable bonds is 2. The second-order valence-corrected chi connectivity index (χ2v) is 4.06. The number of hydrogen-bond donors (Lipinski definition) is 1. The summed E-state index contributed by atoms with van der Waals surface area (Å²) in [5, 5.41) is 3.21. The molecule has 16 heavy (non-hydrogen) atoms. The van der Waals surface area contributed by atoms with Crippen LogP contribution < -0.4 is 5.32 Å². The first-order valence-corrected chi connectivity index (χ1v) is 5.41. The average molecular weight is 221 g/mol. The van der Waals surface area contributed by atoms with E-state index in [0.717, 1.165) is 11.1 Å². The lowest BCUT2D eigenvalue weighted by Gasteiger charge is -2.25. The summed E-state index contributed by atoms with van der Waals surface area (Å²) in [4.78, 5) is 0. The van der Waals surface area contributed by atoms with Gasteiger partial charge < -0.3 is 10.1 Å². The minimum absolute atomic E-state index is 0.243. The van der Waals surface area contributed by atoms with Crippen LogP contribution in [0, 0.1) is 0 Å². The maximum absolute atomic E-state index is 12.4. The molecule has 1 heterocycles. The summed E-state index contributed by atoms with van der Waals surface area (Å²) in [6, 6.07) is 6.26. The minimum atomic E-state index is 0.243. The molecule has 0 spiro atoms. The zero-order valence-corrected chi connectivity index (χ0v) is 9.59. The van der Waals surface area contributed by atoms with Crippen LogP contribution in [0.3, 0.4) is 0 Å². The monoisotopic (exact) mass is 221 g/mol. The molecule has 1 unspecified atom stereocenters. The van der Waals surface area contributed by atoms with Gasteiger partial charge in [0, 0.05) is 0 Å². The van der Waals surface area contributed by atoms with Crippen LogP contribution in [0.5, 0.6) is 0 Å². The van der Waals surface area contributed by atoms with Gasteiger partial charge in [0.15, 0.2) is 0 Å². The minimum Gasteiger partial charge on any atom is -0.375 e. The standard InChI is InChI=1S/C13H16FNO/c1-9(6-14)10-3-4-12-11(5-10)7-16-8-13(12)15-2/h3-6,13,15H,7-8H2,1-2H3. The number of benzene rings is 1. The second-order valence-electron chi connectivity index (χ2n) is 4.06. The van der Waals surface area contributed by atoms with E-state index >= 15 is 0 Å². The summed E-state index contributed by atoms with van der Waals surface area (Å²) in [6.07, 6.45) is 0.640. The summed E-state index contributed by atoms with van der Waals surface area (Å²) in [7, 11) is 1.92. The fourth-order valence-corrected chi connectivity index (χ4v) is 1.99. The van der Waals surface area contributed by atoms with Crippen molar-refractivity contribution in [3.8, 4) is 0 Å². The molecule has 0 saturated heterocycles. The van der Waals surface area contributed by atoms with Gasteiger partial charge in [-0.1, -0.05) is 12.1 Å². The van der Waals surface area contributed by atoms with Gasteiger partial charge in [0.2, 0.25) is 0 Å². The van der Waals surface area contributed by atoms with E-state index in [4.69, 9.17) is 4.74 Å². The molecule has 1 aromatic rings. The highest BCUT2D eigenvalue weighted by Crippen LogP contribution is 2.27. The second kappa shape index (κ2) is 4.76. The lowest BCUT2D eigenvalue weighted by Crippen LogP contribution is -2.26. The zero-order chi connectivity index (χ0) is 11.5. The molecule has 0 aromatic heterocycles. The topological polar surface area (TPSA) is 21.3 Å². The highest BCUT2D eigenvalue weighted by molar-refractivity contribution is 5.64. The highest BCUT2D eigenvalue weighted by atomic mass is 19.1. The van der Waals surface area contributed by atoms with Crippen molar-refractivity contribution in [2.45, 2.75) is 19.6 Å². The van der Waals surface area contributed by atoms with Gasteiger partial charge in [-0.25, -0.2) is 4.39 Å². The summed E-state index contributed by atoms with van der Waals surface area (Å²) in [5.41, 5.74) is 3.96. The first-order chi connectivity index (χ1) is 7.76. The largest absolute Gasteiger partial charge is 0.375 e. The van der Waals surface area contributed by atoms with Crippen molar-refractivity contribution in [2.75, 3.05) is 13.7 Å². The number of likely N-dealkylation sites (N-methyl/N-ethyl adjacent to an activating group) is 1. The third-order valence-corrected chi connectivity index (χ3v) is 3.03. The van der Waals surface area contributed by atoms with E-state index in [9.17, 15) is 4.39 Å². The fourth-order valence-electron chi connectivity index (χ4n) is 1.99. The lowest BCUT2D eigenvalue weighted by atomic mass is 9.95. The van der Waals surface area contributed by atoms with E-state index in [1.54, 1.807) is 6.92 Å². The molecule has 2 rings (SSSR count). The lowest BCUT2D eigenvalue weighted by molar-refractivity contribution is 0.0844. The van der Waals surface area contributed by atoms with Crippen LogP contribution in [0.1, 0.15) is 29.7 Å². The number of fused-ring (bicyclic) bond motifs is 1. The van der Waals surface area contributed by atoms with Crippen molar-refractivity contribution in [3.05, 3.63) is 41.2 Å². The molecule has 1 aliphatic rings. The zero-order valence-electron chi connectivity index (χ0n) is 9.59. The van der Waals surface area contributed by atoms with Crippen LogP contribution >= 0.6 is 0 Å². The molecule has 1 atom stereocenters. The number of allylic oxidation sites excluding steroid dienone is 1. The summed E-state index contributed by atoms with van der Waals surface area (Å²) in [6.45, 7) is 3.07. The molecule has 1 aromatic carbocycles. The summed E-state index contributed by atoms with van der Waals surface area (Å²) >= 11 is 0. The van der Waals surface area contributed by atoms with Crippen molar-refractivity contribution >= 4 is 5.57 Å². The molecule has 1 N–H and O–H groups in total. The molecule has 0 amide bonds. The van der Waals surface area contributed by atoms with Crippen LogP contribution in [0.4, 0.5) is 4.39 Å². The van der Waals surface area contributed by atoms with Crippen molar-refractivity contribution in [3.63, 3.8) is 0 Å². The predicted octanol–water partition coefficient (Wildman–Crippen LogP) is 2.81. The molecule has 0 bridgehead atoms. The van der Waals surface area contributed by atoms with Gasteiger partial charge in [-0.15, -0.1) is 0 Å². The van der Waals surface area contributed by atoms with Crippen LogP contribution in [-0.4, -0.2) is 13.7 Å². The fraction of sp³-hybridized carbons (Fsp3) is 0.385. The third-order valence-electron chi connectivity index (χ3n) is 3.03. The number of ether oxygens (including phenoxy) is 1. The van der Waals surface area contributed by atoms with Gasteiger partial charge in [-0.2, -0.15) is 0 Å². The van der Waals surface area contributed by atoms with E-state index in [1.165, 1.54) is 5.56 Å². The number of hydrogen-bond acceptors (Lipinski definition) is 2. The number of nitrogens with one attached hydrogen (secondary N) is 1. The van der Waals surface area contributed by atoms with Gasteiger partial charge >= 0.3 is 0 Å². The Bertz CT molecular complexity index is 414. The Balaban J connectivity index is 2.39. The maximum Gasteiger partial charge on any atom is 0.0902 e. The molecule has 0 radical (unpaired) electrons. The smallest absolute Gasteiger partial charge is 0.0902 e. The van der Waals surface area contributed by atoms with Crippen molar-refractivity contribution in [1.29, 1.82) is 0 Å². The Morgan fingerprint density at radius 3 is 3.06 bits per heavy atom. The van der Waals surface area contributed by atoms with E-state index in [-0.39, 0.29) is 6.04 Å². The Kier molecular flexibility index (Phi) is 3.36. The molecule has 1 aliphatic heterocycles. The van der Waals surface area contributed by atoms with Crippen molar-refractivity contribution in [1.82, 2.24) is 5.32 Å². The molecular formula is C13H16FNO. The van der Waals surface area contributed by atoms with Crippen LogP contribution in [-0.2, 0) is 11.3 Å². The summed E-state index contributed by atoms with van der Waals surface area (Å²) in [5.74, 6) is 0. The molecule has 3 heteroatoms. The van der Waals surface area contributed by atoms with Gasteiger partial charge in [-0.3, -0.25) is 0 Å². The van der Waals surface area contributed by atoms with E-state index in [1.807, 2.05) is 19.2 Å². The molecule has 86 valence electrons. The summed E-state index contributed by atoms with van der Waals surface area (Å²) < 4.78 is 17.9. The molecule has 0 aliphatic carbocycles. The highest BCUT2D eigenvalue weighted by Gasteiger charge is 2.19. The van der Waals surface area contributed by atoms with Crippen LogP contribution in [0.15, 0.2) is 24.5 Å². The van der Waals surface area contributed by atoms with Gasteiger partial charge in [0.25, 0.3) is 0 Å². The van der Waals surface area contributed by atoms with E-state index < -0.39 is 0 Å². The SMILES string of the molecule is CNC1COCc2cc(C(C)=CF)ccc21.